The van der Waals surface area contributed by atoms with Crippen LogP contribution in [0.1, 0.15) is 6.42 Å². The number of rotatable bonds is 1. The summed E-state index contributed by atoms with van der Waals surface area (Å²) < 4.78 is 0. The predicted molar refractivity (Wildman–Crippen MR) is 38.4 cm³/mol. The Balaban J connectivity index is 2.35. The molecule has 5 nitrogen and oxygen atoms in total. The molecule has 1 saturated heterocycles. The third-order valence-corrected chi connectivity index (χ3v) is 1.75. The first-order valence-corrected chi connectivity index (χ1v) is 3.58. The molecule has 0 saturated carbocycles. The van der Waals surface area contributed by atoms with E-state index in [1.54, 1.807) is 0 Å². The first-order valence-electron chi connectivity index (χ1n) is 3.58. The van der Waals surface area contributed by atoms with Gasteiger partial charge in [-0.25, -0.2) is 4.79 Å². The molecule has 0 radical (unpaired) electrons. The summed E-state index contributed by atoms with van der Waals surface area (Å²) in [7, 11) is 0. The van der Waals surface area contributed by atoms with Crippen LogP contribution in [0.4, 0.5) is 4.79 Å². The van der Waals surface area contributed by atoms with Crippen molar-refractivity contribution in [3.05, 3.63) is 0 Å². The molecular formula is C6H12N2O3. The lowest BCUT2D eigenvalue weighted by Crippen LogP contribution is -2.53. The first-order chi connectivity index (χ1) is 5.20. The Bertz CT molecular complexity index is 151. The normalized spacial score (nSPS) is 31.4. The van der Waals surface area contributed by atoms with Crippen molar-refractivity contribution in [2.75, 3.05) is 13.1 Å². The van der Waals surface area contributed by atoms with E-state index in [2.05, 4.69) is 10.6 Å². The van der Waals surface area contributed by atoms with E-state index in [0.29, 0.717) is 13.0 Å². The zero-order valence-corrected chi connectivity index (χ0v) is 6.08. The van der Waals surface area contributed by atoms with Crippen LogP contribution in [0, 0.1) is 0 Å². The second-order valence-corrected chi connectivity index (χ2v) is 2.62. The van der Waals surface area contributed by atoms with Crippen LogP contribution in [0.3, 0.4) is 0 Å². The van der Waals surface area contributed by atoms with E-state index in [-0.39, 0.29) is 6.04 Å². The van der Waals surface area contributed by atoms with Crippen LogP contribution in [0.2, 0.25) is 0 Å². The second-order valence-electron chi connectivity index (χ2n) is 2.62. The van der Waals surface area contributed by atoms with Gasteiger partial charge in [-0.05, 0) is 13.0 Å². The Morgan fingerprint density at radius 3 is 2.91 bits per heavy atom. The van der Waals surface area contributed by atoms with Gasteiger partial charge in [-0.2, -0.15) is 0 Å². The Labute approximate surface area is 64.4 Å². The topological polar surface area (TPSA) is 81.6 Å². The minimum Gasteiger partial charge on any atom is -0.465 e. The highest BCUT2D eigenvalue weighted by molar-refractivity contribution is 5.65. The molecule has 0 bridgehead atoms. The SMILES string of the molecule is O=C(O)N[C@H]1CNCC[C@@H]1O. The quantitative estimate of drug-likeness (QED) is 0.395. The number of hydrogen-bond donors (Lipinski definition) is 4. The highest BCUT2D eigenvalue weighted by Gasteiger charge is 2.23. The van der Waals surface area contributed by atoms with Gasteiger partial charge < -0.3 is 20.8 Å². The molecule has 2 atom stereocenters. The molecule has 1 fully saturated rings. The summed E-state index contributed by atoms with van der Waals surface area (Å²) in [5, 5.41) is 22.8. The highest BCUT2D eigenvalue weighted by Crippen LogP contribution is 2.02. The van der Waals surface area contributed by atoms with Crippen molar-refractivity contribution in [2.24, 2.45) is 0 Å². The van der Waals surface area contributed by atoms with Crippen LogP contribution in [-0.4, -0.2) is 41.5 Å². The summed E-state index contributed by atoms with van der Waals surface area (Å²) in [6, 6.07) is -0.360. The van der Waals surface area contributed by atoms with Gasteiger partial charge in [0.05, 0.1) is 12.1 Å². The van der Waals surface area contributed by atoms with E-state index in [0.717, 1.165) is 6.54 Å². The average molecular weight is 160 g/mol. The fraction of sp³-hybridized carbons (Fsp3) is 0.833. The molecule has 64 valence electrons. The smallest absolute Gasteiger partial charge is 0.405 e. The van der Waals surface area contributed by atoms with Crippen molar-refractivity contribution in [3.8, 4) is 0 Å². The molecule has 0 aromatic heterocycles. The molecule has 1 heterocycles. The number of aliphatic hydroxyl groups is 1. The van der Waals surface area contributed by atoms with Crippen molar-refractivity contribution in [2.45, 2.75) is 18.6 Å². The van der Waals surface area contributed by atoms with E-state index < -0.39 is 12.2 Å². The van der Waals surface area contributed by atoms with Crippen molar-refractivity contribution in [3.63, 3.8) is 0 Å². The van der Waals surface area contributed by atoms with Gasteiger partial charge in [0.1, 0.15) is 0 Å². The largest absolute Gasteiger partial charge is 0.465 e. The molecule has 11 heavy (non-hydrogen) atoms. The first kappa shape index (κ1) is 8.29. The fourth-order valence-electron chi connectivity index (χ4n) is 1.15. The lowest BCUT2D eigenvalue weighted by Gasteiger charge is -2.27. The Hall–Kier alpha value is -0.810. The van der Waals surface area contributed by atoms with E-state index in [4.69, 9.17) is 5.11 Å². The van der Waals surface area contributed by atoms with Gasteiger partial charge >= 0.3 is 6.09 Å². The molecule has 0 aliphatic carbocycles. The molecule has 4 N–H and O–H groups in total. The Kier molecular flexibility index (Phi) is 2.67. The monoisotopic (exact) mass is 160 g/mol. The summed E-state index contributed by atoms with van der Waals surface area (Å²) in [5.74, 6) is 0. The standard InChI is InChI=1S/C6H12N2O3/c9-5-1-2-7-3-4(5)8-6(10)11/h4-5,7-9H,1-3H2,(H,10,11)/t4-,5-/m0/s1. The van der Waals surface area contributed by atoms with Crippen LogP contribution in [0.25, 0.3) is 0 Å². The summed E-state index contributed by atoms with van der Waals surface area (Å²) >= 11 is 0. The number of hydrogen-bond acceptors (Lipinski definition) is 3. The van der Waals surface area contributed by atoms with Gasteiger partial charge in [-0.1, -0.05) is 0 Å². The van der Waals surface area contributed by atoms with Crippen LogP contribution in [0.15, 0.2) is 0 Å². The van der Waals surface area contributed by atoms with E-state index in [1.807, 2.05) is 0 Å². The van der Waals surface area contributed by atoms with Crippen LogP contribution in [-0.2, 0) is 0 Å². The zero-order valence-electron chi connectivity index (χ0n) is 6.08. The third kappa shape index (κ3) is 2.36. The number of carbonyl (C=O) groups is 1. The molecular weight excluding hydrogens is 148 g/mol. The molecule has 1 rings (SSSR count). The molecule has 1 amide bonds. The van der Waals surface area contributed by atoms with Gasteiger partial charge in [-0.15, -0.1) is 0 Å². The maximum absolute atomic E-state index is 10.2. The average Bonchev–Trinajstić information content (AvgIpc) is 1.93. The lowest BCUT2D eigenvalue weighted by molar-refractivity contribution is 0.0955. The lowest BCUT2D eigenvalue weighted by atomic mass is 10.0. The van der Waals surface area contributed by atoms with Crippen LogP contribution >= 0.6 is 0 Å². The Morgan fingerprint density at radius 2 is 2.36 bits per heavy atom. The summed E-state index contributed by atoms with van der Waals surface area (Å²) in [4.78, 5) is 10.2. The number of nitrogens with one attached hydrogen (secondary N) is 2. The second kappa shape index (κ2) is 3.54. The van der Waals surface area contributed by atoms with Crippen molar-refractivity contribution in [1.29, 1.82) is 0 Å². The van der Waals surface area contributed by atoms with Crippen molar-refractivity contribution in [1.82, 2.24) is 10.6 Å². The van der Waals surface area contributed by atoms with E-state index >= 15 is 0 Å². The van der Waals surface area contributed by atoms with E-state index in [9.17, 15) is 9.90 Å². The summed E-state index contributed by atoms with van der Waals surface area (Å²) in [6.45, 7) is 1.26. The maximum atomic E-state index is 10.2. The van der Waals surface area contributed by atoms with Gasteiger partial charge in [-0.3, -0.25) is 0 Å². The molecule has 0 aromatic rings. The minimum atomic E-state index is -1.09. The van der Waals surface area contributed by atoms with Crippen LogP contribution in [0.5, 0.6) is 0 Å². The third-order valence-electron chi connectivity index (χ3n) is 1.75. The molecule has 1 aliphatic rings. The van der Waals surface area contributed by atoms with Gasteiger partial charge in [0.15, 0.2) is 0 Å². The number of carboxylic acid groups (broad SMARTS) is 1. The molecule has 1 aliphatic heterocycles. The predicted octanol–water partition coefficient (Wildman–Crippen LogP) is -1.02. The fourth-order valence-corrected chi connectivity index (χ4v) is 1.15. The van der Waals surface area contributed by atoms with Crippen molar-refractivity contribution >= 4 is 6.09 Å². The van der Waals surface area contributed by atoms with Gasteiger partial charge in [0, 0.05) is 6.54 Å². The summed E-state index contributed by atoms with van der Waals surface area (Å²) in [6.07, 6.45) is -1.03. The van der Waals surface area contributed by atoms with Crippen molar-refractivity contribution < 1.29 is 15.0 Å². The van der Waals surface area contributed by atoms with E-state index in [1.165, 1.54) is 0 Å². The molecule has 5 heteroatoms. The highest BCUT2D eigenvalue weighted by atomic mass is 16.4. The maximum Gasteiger partial charge on any atom is 0.405 e. The molecule has 0 aromatic carbocycles. The van der Waals surface area contributed by atoms with Crippen LogP contribution < -0.4 is 10.6 Å². The summed E-state index contributed by atoms with van der Waals surface area (Å²) in [5.41, 5.74) is 0. The minimum absolute atomic E-state index is 0.360. The Morgan fingerprint density at radius 1 is 1.64 bits per heavy atom. The van der Waals surface area contributed by atoms with Gasteiger partial charge in [0.25, 0.3) is 0 Å². The number of aliphatic hydroxyl groups excluding tert-OH is 1. The number of piperidine rings is 1. The van der Waals surface area contributed by atoms with Gasteiger partial charge in [0.2, 0.25) is 0 Å². The molecule has 0 unspecified atom stereocenters. The molecule has 0 spiro atoms. The number of amides is 1. The zero-order chi connectivity index (χ0) is 8.27.